The van der Waals surface area contributed by atoms with E-state index in [1.165, 1.54) is 0 Å². The third kappa shape index (κ3) is 5.49. The number of benzene rings is 1. The predicted molar refractivity (Wildman–Crippen MR) is 131 cm³/mol. The number of likely N-dealkylation sites (tertiary alicyclic amines) is 1. The van der Waals surface area contributed by atoms with Crippen molar-refractivity contribution in [2.45, 2.75) is 76.8 Å². The first-order chi connectivity index (χ1) is 16.3. The number of piperidine rings is 1. The zero-order valence-corrected chi connectivity index (χ0v) is 20.8. The summed E-state index contributed by atoms with van der Waals surface area (Å²) in [5, 5.41) is 0. The molecule has 34 heavy (non-hydrogen) atoms. The third-order valence-corrected chi connectivity index (χ3v) is 6.69. The summed E-state index contributed by atoms with van der Waals surface area (Å²) < 4.78 is 24.2. The van der Waals surface area contributed by atoms with Gasteiger partial charge in [0.15, 0.2) is 11.5 Å². The lowest BCUT2D eigenvalue weighted by atomic mass is 9.81. The van der Waals surface area contributed by atoms with Gasteiger partial charge in [-0.05, 0) is 51.8 Å². The van der Waals surface area contributed by atoms with Gasteiger partial charge in [-0.3, -0.25) is 4.79 Å². The van der Waals surface area contributed by atoms with Crippen molar-refractivity contribution in [1.29, 1.82) is 0 Å². The number of carbonyl (C=O) groups excluding carboxylic acids is 1. The minimum absolute atomic E-state index is 0.000603. The molecule has 2 fully saturated rings. The molecule has 2 heterocycles. The van der Waals surface area contributed by atoms with E-state index in [-0.39, 0.29) is 23.7 Å². The van der Waals surface area contributed by atoms with Crippen LogP contribution in [0.1, 0.15) is 64.5 Å². The molecule has 184 valence electrons. The summed E-state index contributed by atoms with van der Waals surface area (Å²) in [6, 6.07) is 8.22. The molecule has 4 rings (SSSR count). The highest BCUT2D eigenvalue weighted by molar-refractivity contribution is 5.93. The summed E-state index contributed by atoms with van der Waals surface area (Å²) in [5.74, 6) is 1.94. The Morgan fingerprint density at radius 3 is 2.53 bits per heavy atom. The molecular weight excluding hydrogens is 430 g/mol. The van der Waals surface area contributed by atoms with Crippen LogP contribution in [-0.4, -0.2) is 48.8 Å². The van der Waals surface area contributed by atoms with E-state index < -0.39 is 0 Å². The molecule has 1 aromatic rings. The molecule has 1 saturated heterocycles. The van der Waals surface area contributed by atoms with Crippen molar-refractivity contribution >= 4 is 5.91 Å². The molecule has 6 heteroatoms. The second-order valence-electron chi connectivity index (χ2n) is 9.77. The fourth-order valence-corrected chi connectivity index (χ4v) is 4.74. The molecule has 1 atom stereocenters. The molecule has 0 N–H and O–H groups in total. The monoisotopic (exact) mass is 467 g/mol. The van der Waals surface area contributed by atoms with Gasteiger partial charge in [-0.25, -0.2) is 0 Å². The van der Waals surface area contributed by atoms with Crippen LogP contribution in [-0.2, 0) is 19.0 Å². The molecule has 1 aromatic carbocycles. The van der Waals surface area contributed by atoms with Crippen molar-refractivity contribution in [1.82, 2.24) is 4.90 Å². The lowest BCUT2D eigenvalue weighted by molar-refractivity contribution is -0.133. The zero-order valence-electron chi connectivity index (χ0n) is 20.8. The average molecular weight is 468 g/mol. The number of fused-ring (bicyclic) bond motifs is 1. The number of hydrogen-bond donors (Lipinski definition) is 0. The molecular formula is C28H37NO5. The van der Waals surface area contributed by atoms with Gasteiger partial charge in [0.2, 0.25) is 5.91 Å². The highest BCUT2D eigenvalue weighted by Gasteiger charge is 2.45. The van der Waals surface area contributed by atoms with Crippen LogP contribution in [0.5, 0.6) is 5.75 Å². The van der Waals surface area contributed by atoms with E-state index in [4.69, 9.17) is 18.9 Å². The van der Waals surface area contributed by atoms with Crippen LogP contribution in [0.3, 0.4) is 0 Å². The summed E-state index contributed by atoms with van der Waals surface area (Å²) in [6.07, 6.45) is 8.47. The maximum absolute atomic E-state index is 13.2. The minimum atomic E-state index is -0.291. The summed E-state index contributed by atoms with van der Waals surface area (Å²) in [7, 11) is 1.57. The lowest BCUT2D eigenvalue weighted by Crippen LogP contribution is -2.52. The molecule has 0 radical (unpaired) electrons. The molecule has 1 saturated carbocycles. The van der Waals surface area contributed by atoms with E-state index in [1.807, 2.05) is 43.9 Å². The van der Waals surface area contributed by atoms with E-state index in [2.05, 4.69) is 12.6 Å². The highest BCUT2D eigenvalue weighted by Crippen LogP contribution is 2.47. The largest absolute Gasteiger partial charge is 0.493 e. The Bertz CT molecular complexity index is 967. The number of allylic oxidation sites excluding steroid dienone is 2. The maximum Gasteiger partial charge on any atom is 0.249 e. The van der Waals surface area contributed by atoms with E-state index in [0.717, 1.165) is 43.4 Å². The van der Waals surface area contributed by atoms with E-state index >= 15 is 0 Å². The van der Waals surface area contributed by atoms with Gasteiger partial charge >= 0.3 is 0 Å². The maximum atomic E-state index is 13.2. The number of rotatable bonds is 8. The molecule has 0 aromatic heterocycles. The predicted octanol–water partition coefficient (Wildman–Crippen LogP) is 5.47. The van der Waals surface area contributed by atoms with Gasteiger partial charge in [0.1, 0.15) is 11.4 Å². The molecule has 3 aliphatic rings. The molecule has 0 bridgehead atoms. The van der Waals surface area contributed by atoms with Crippen LogP contribution >= 0.6 is 0 Å². The van der Waals surface area contributed by atoms with Gasteiger partial charge in [-0.15, -0.1) is 0 Å². The van der Waals surface area contributed by atoms with Crippen molar-refractivity contribution in [3.8, 4) is 5.75 Å². The standard InChI is InChI=1S/C28H37NO5/c1-6-23(32-19(2)3)25(31-5)17-20(4)27(30)29-15-13-28(14-16-29)18-26(33-21-11-12-21)22-9-7-8-10-24(22)34-28/h6-10,17,19,21,26H,1,11-16,18H2,2-5H3/b20-17+,25-23-. The summed E-state index contributed by atoms with van der Waals surface area (Å²) in [6.45, 7) is 10.8. The number of para-hydroxylation sites is 1. The number of carbonyl (C=O) groups is 1. The van der Waals surface area contributed by atoms with Crippen LogP contribution < -0.4 is 4.74 Å². The second-order valence-corrected chi connectivity index (χ2v) is 9.77. The Kier molecular flexibility index (Phi) is 7.36. The van der Waals surface area contributed by atoms with E-state index in [1.54, 1.807) is 19.3 Å². The Morgan fingerprint density at radius 1 is 1.21 bits per heavy atom. The van der Waals surface area contributed by atoms with Gasteiger partial charge in [0, 0.05) is 43.5 Å². The van der Waals surface area contributed by atoms with Gasteiger partial charge in [-0.1, -0.05) is 24.8 Å². The van der Waals surface area contributed by atoms with Gasteiger partial charge in [0.25, 0.3) is 0 Å². The van der Waals surface area contributed by atoms with E-state index in [0.29, 0.717) is 36.3 Å². The Labute approximate surface area is 203 Å². The third-order valence-electron chi connectivity index (χ3n) is 6.69. The average Bonchev–Trinajstić information content (AvgIpc) is 3.65. The second kappa shape index (κ2) is 10.3. The summed E-state index contributed by atoms with van der Waals surface area (Å²) in [4.78, 5) is 15.1. The number of hydrogen-bond acceptors (Lipinski definition) is 5. The van der Waals surface area contributed by atoms with Crippen LogP contribution in [0.4, 0.5) is 0 Å². The first kappa shape index (κ1) is 24.4. The van der Waals surface area contributed by atoms with Gasteiger partial charge < -0.3 is 23.8 Å². The normalized spacial score (nSPS) is 22.6. The van der Waals surface area contributed by atoms with Crippen LogP contribution in [0.25, 0.3) is 0 Å². The first-order valence-corrected chi connectivity index (χ1v) is 12.3. The highest BCUT2D eigenvalue weighted by atomic mass is 16.5. The van der Waals surface area contributed by atoms with Gasteiger partial charge in [-0.2, -0.15) is 0 Å². The van der Waals surface area contributed by atoms with Crippen molar-refractivity contribution < 1.29 is 23.7 Å². The summed E-state index contributed by atoms with van der Waals surface area (Å²) >= 11 is 0. The number of ether oxygens (including phenoxy) is 4. The lowest BCUT2D eigenvalue weighted by Gasteiger charge is -2.46. The van der Waals surface area contributed by atoms with Crippen molar-refractivity contribution in [3.05, 3.63) is 65.7 Å². The first-order valence-electron chi connectivity index (χ1n) is 12.3. The molecule has 1 amide bonds. The molecule has 6 nitrogen and oxygen atoms in total. The summed E-state index contributed by atoms with van der Waals surface area (Å²) in [5.41, 5.74) is 1.46. The smallest absolute Gasteiger partial charge is 0.249 e. The quantitative estimate of drug-likeness (QED) is 0.288. The number of amides is 1. The Hall–Kier alpha value is -2.73. The van der Waals surface area contributed by atoms with Gasteiger partial charge in [0.05, 0.1) is 25.4 Å². The Balaban J connectivity index is 1.44. The molecule has 1 spiro atoms. The minimum Gasteiger partial charge on any atom is -0.493 e. The molecule has 2 aliphatic heterocycles. The molecule has 1 unspecified atom stereocenters. The van der Waals surface area contributed by atoms with Crippen LogP contribution in [0.2, 0.25) is 0 Å². The molecule has 1 aliphatic carbocycles. The van der Waals surface area contributed by atoms with Crippen molar-refractivity contribution in [3.63, 3.8) is 0 Å². The van der Waals surface area contributed by atoms with Crippen LogP contribution in [0, 0.1) is 0 Å². The fourth-order valence-electron chi connectivity index (χ4n) is 4.74. The number of nitrogens with zero attached hydrogens (tertiary/aromatic N) is 1. The fraction of sp³-hybridized carbons (Fsp3) is 0.536. The zero-order chi connectivity index (χ0) is 24.3. The van der Waals surface area contributed by atoms with Crippen molar-refractivity contribution in [2.24, 2.45) is 0 Å². The Morgan fingerprint density at radius 2 is 1.91 bits per heavy atom. The number of methoxy groups -OCH3 is 1. The van der Waals surface area contributed by atoms with Crippen LogP contribution in [0.15, 0.2) is 60.1 Å². The topological polar surface area (TPSA) is 57.2 Å². The van der Waals surface area contributed by atoms with Crippen molar-refractivity contribution in [2.75, 3.05) is 20.2 Å². The SMILES string of the molecule is C=C/C(OC(C)C)=C(\C=C(/C)C(=O)N1CCC2(CC1)CC(OC1CC1)c1ccccc1O2)OC. The van der Waals surface area contributed by atoms with E-state index in [9.17, 15) is 4.79 Å².